The molecule has 0 aliphatic carbocycles. The molecule has 0 unspecified atom stereocenters. The lowest BCUT2D eigenvalue weighted by atomic mass is 10.1. The lowest BCUT2D eigenvalue weighted by molar-refractivity contribution is 0.0318. The zero-order valence-electron chi connectivity index (χ0n) is 12.1. The van der Waals surface area contributed by atoms with Gasteiger partial charge < -0.3 is 4.74 Å². The quantitative estimate of drug-likeness (QED) is 0.384. The van der Waals surface area contributed by atoms with Crippen molar-refractivity contribution in [3.05, 3.63) is 32.7 Å². The van der Waals surface area contributed by atoms with E-state index < -0.39 is 0 Å². The van der Waals surface area contributed by atoms with Gasteiger partial charge in [-0.2, -0.15) is 0 Å². The van der Waals surface area contributed by atoms with Crippen LogP contribution in [0.15, 0.2) is 27.1 Å². The topological polar surface area (TPSA) is 26.3 Å². The number of hydrogen-bond donors (Lipinski definition) is 0. The summed E-state index contributed by atoms with van der Waals surface area (Å²) in [6.07, 6.45) is 7.05. The number of halogens is 2. The number of ether oxygens (including phenoxy) is 1. The molecule has 1 atom stereocenters. The van der Waals surface area contributed by atoms with Gasteiger partial charge >= 0.3 is 5.97 Å². The summed E-state index contributed by atoms with van der Waals surface area (Å²) in [5.41, 5.74) is 0.567. The van der Waals surface area contributed by atoms with Crippen molar-refractivity contribution in [2.75, 3.05) is 0 Å². The summed E-state index contributed by atoms with van der Waals surface area (Å²) in [6.45, 7) is 4.17. The fourth-order valence-corrected chi connectivity index (χ4v) is 2.76. The zero-order chi connectivity index (χ0) is 15.0. The van der Waals surface area contributed by atoms with E-state index in [4.69, 9.17) is 4.74 Å². The number of carbonyl (C=O) groups excluding carboxylic acids is 1. The number of carbonyl (C=O) groups is 1. The van der Waals surface area contributed by atoms with Crippen LogP contribution in [0.25, 0.3) is 0 Å². The Morgan fingerprint density at radius 3 is 2.60 bits per heavy atom. The maximum atomic E-state index is 12.1. The SMILES string of the molecule is CCCCCCC[C@@H](C)OC(=O)c1cc(Br)ccc1Br. The van der Waals surface area contributed by atoms with Crippen LogP contribution in [0, 0.1) is 0 Å². The van der Waals surface area contributed by atoms with E-state index in [1.165, 1.54) is 25.7 Å². The predicted molar refractivity (Wildman–Crippen MR) is 90.1 cm³/mol. The standard InChI is InChI=1S/C16H22Br2O2/c1-3-4-5-6-7-8-12(2)20-16(19)14-11-13(17)9-10-15(14)18/h9-12H,3-8H2,1-2H3/t12-/m1/s1. The minimum Gasteiger partial charge on any atom is -0.459 e. The Hall–Kier alpha value is -0.350. The highest BCUT2D eigenvalue weighted by molar-refractivity contribution is 9.11. The Balaban J connectivity index is 2.39. The van der Waals surface area contributed by atoms with E-state index in [-0.39, 0.29) is 12.1 Å². The molecular formula is C16H22Br2O2. The molecule has 0 fully saturated rings. The Kier molecular flexibility index (Phi) is 8.46. The molecule has 0 heterocycles. The molecule has 0 saturated heterocycles. The second-order valence-electron chi connectivity index (χ2n) is 5.04. The largest absolute Gasteiger partial charge is 0.459 e. The summed E-state index contributed by atoms with van der Waals surface area (Å²) in [4.78, 5) is 12.1. The van der Waals surface area contributed by atoms with E-state index in [0.29, 0.717) is 5.56 Å². The number of esters is 1. The zero-order valence-corrected chi connectivity index (χ0v) is 15.3. The van der Waals surface area contributed by atoms with Crippen LogP contribution in [-0.2, 0) is 4.74 Å². The number of rotatable bonds is 8. The molecule has 0 amide bonds. The number of hydrogen-bond acceptors (Lipinski definition) is 2. The first-order chi connectivity index (χ1) is 9.54. The summed E-state index contributed by atoms with van der Waals surface area (Å²) < 4.78 is 7.13. The van der Waals surface area contributed by atoms with Crippen molar-refractivity contribution in [3.63, 3.8) is 0 Å². The normalized spacial score (nSPS) is 12.2. The van der Waals surface area contributed by atoms with E-state index in [1.54, 1.807) is 6.07 Å². The van der Waals surface area contributed by atoms with Crippen molar-refractivity contribution in [1.29, 1.82) is 0 Å². The van der Waals surface area contributed by atoms with E-state index in [1.807, 2.05) is 19.1 Å². The van der Waals surface area contributed by atoms with Crippen molar-refractivity contribution >= 4 is 37.8 Å². The summed E-state index contributed by atoms with van der Waals surface area (Å²) in [7, 11) is 0. The molecule has 1 aromatic carbocycles. The number of benzene rings is 1. The Bertz CT molecular complexity index is 432. The molecule has 4 heteroatoms. The van der Waals surface area contributed by atoms with Crippen molar-refractivity contribution in [2.24, 2.45) is 0 Å². The molecule has 0 bridgehead atoms. The second-order valence-corrected chi connectivity index (χ2v) is 6.81. The van der Waals surface area contributed by atoms with Gasteiger partial charge in [0.15, 0.2) is 0 Å². The molecule has 0 radical (unpaired) electrons. The maximum Gasteiger partial charge on any atom is 0.339 e. The molecular weight excluding hydrogens is 384 g/mol. The molecule has 20 heavy (non-hydrogen) atoms. The number of unbranched alkanes of at least 4 members (excludes halogenated alkanes) is 4. The van der Waals surface area contributed by atoms with Gasteiger partial charge in [0.1, 0.15) is 0 Å². The lowest BCUT2D eigenvalue weighted by Crippen LogP contribution is -2.15. The molecule has 0 aliphatic heterocycles. The van der Waals surface area contributed by atoms with Crippen LogP contribution in [0.4, 0.5) is 0 Å². The van der Waals surface area contributed by atoms with E-state index in [0.717, 1.165) is 21.8 Å². The second kappa shape index (κ2) is 9.56. The van der Waals surface area contributed by atoms with Gasteiger partial charge in [-0.15, -0.1) is 0 Å². The summed E-state index contributed by atoms with van der Waals surface area (Å²) in [6, 6.07) is 5.51. The molecule has 0 N–H and O–H groups in total. The van der Waals surface area contributed by atoms with E-state index in [9.17, 15) is 4.79 Å². The first kappa shape index (κ1) is 17.7. The van der Waals surface area contributed by atoms with E-state index >= 15 is 0 Å². The van der Waals surface area contributed by atoms with Gasteiger partial charge in [-0.25, -0.2) is 4.79 Å². The minimum absolute atomic E-state index is 0.0324. The van der Waals surface area contributed by atoms with E-state index in [2.05, 4.69) is 38.8 Å². The van der Waals surface area contributed by atoms with Crippen molar-refractivity contribution in [2.45, 2.75) is 58.5 Å². The molecule has 1 aromatic rings. The van der Waals surface area contributed by atoms with Crippen molar-refractivity contribution in [1.82, 2.24) is 0 Å². The van der Waals surface area contributed by atoms with Crippen LogP contribution in [0.5, 0.6) is 0 Å². The van der Waals surface area contributed by atoms with Gasteiger partial charge in [-0.05, 0) is 53.9 Å². The third-order valence-electron chi connectivity index (χ3n) is 3.17. The summed E-state index contributed by atoms with van der Waals surface area (Å²) in [5, 5.41) is 0. The van der Waals surface area contributed by atoms with Crippen LogP contribution in [0.2, 0.25) is 0 Å². The molecule has 0 saturated carbocycles. The first-order valence-electron chi connectivity index (χ1n) is 7.20. The van der Waals surface area contributed by atoms with Gasteiger partial charge in [0.05, 0.1) is 11.7 Å². The van der Waals surface area contributed by atoms with Crippen LogP contribution in [0.3, 0.4) is 0 Å². The molecule has 0 aromatic heterocycles. The molecule has 112 valence electrons. The minimum atomic E-state index is -0.265. The summed E-state index contributed by atoms with van der Waals surface area (Å²) >= 11 is 6.75. The predicted octanol–water partition coefficient (Wildman–Crippen LogP) is 6.12. The van der Waals surface area contributed by atoms with Gasteiger partial charge in [-0.3, -0.25) is 0 Å². The van der Waals surface area contributed by atoms with Gasteiger partial charge in [0.25, 0.3) is 0 Å². The summed E-state index contributed by atoms with van der Waals surface area (Å²) in [5.74, 6) is -0.265. The lowest BCUT2D eigenvalue weighted by Gasteiger charge is -2.14. The third-order valence-corrected chi connectivity index (χ3v) is 4.36. The van der Waals surface area contributed by atoms with Gasteiger partial charge in [-0.1, -0.05) is 48.5 Å². The highest BCUT2D eigenvalue weighted by Crippen LogP contribution is 2.23. The van der Waals surface area contributed by atoms with Crippen LogP contribution in [-0.4, -0.2) is 12.1 Å². The maximum absolute atomic E-state index is 12.1. The fraction of sp³-hybridized carbons (Fsp3) is 0.562. The molecule has 0 aliphatic rings. The molecule has 0 spiro atoms. The molecule has 1 rings (SSSR count). The van der Waals surface area contributed by atoms with Crippen molar-refractivity contribution in [3.8, 4) is 0 Å². The van der Waals surface area contributed by atoms with Gasteiger partial charge in [0.2, 0.25) is 0 Å². The smallest absolute Gasteiger partial charge is 0.339 e. The van der Waals surface area contributed by atoms with Gasteiger partial charge in [0, 0.05) is 8.95 Å². The highest BCUT2D eigenvalue weighted by atomic mass is 79.9. The van der Waals surface area contributed by atoms with Crippen LogP contribution in [0.1, 0.15) is 62.7 Å². The average molecular weight is 406 g/mol. The average Bonchev–Trinajstić information content (AvgIpc) is 2.41. The first-order valence-corrected chi connectivity index (χ1v) is 8.79. The third kappa shape index (κ3) is 6.40. The molecule has 2 nitrogen and oxygen atoms in total. The van der Waals surface area contributed by atoms with Crippen LogP contribution >= 0.6 is 31.9 Å². The van der Waals surface area contributed by atoms with Crippen LogP contribution < -0.4 is 0 Å². The highest BCUT2D eigenvalue weighted by Gasteiger charge is 2.15. The monoisotopic (exact) mass is 404 g/mol. The Morgan fingerprint density at radius 1 is 1.20 bits per heavy atom. The Morgan fingerprint density at radius 2 is 1.90 bits per heavy atom. The fourth-order valence-electron chi connectivity index (χ4n) is 1.99. The Labute approximate surface area is 138 Å². The van der Waals surface area contributed by atoms with Crippen molar-refractivity contribution < 1.29 is 9.53 Å².